The summed E-state index contributed by atoms with van der Waals surface area (Å²) in [7, 11) is 6.85. The number of nitrogens with zero attached hydrogens (tertiary/aromatic N) is 9. The van der Waals surface area contributed by atoms with Crippen LogP contribution in [-0.4, -0.2) is 231 Å². The molecule has 6 fully saturated rings. The molecule has 30 heteroatoms. The number of nitrogens with one attached hydrogen (secondary N) is 5. The predicted molar refractivity (Wildman–Crippen MR) is 569 cm³/mol. The fraction of sp³-hybridized carbons (Fsp3) is 0.457. The molecule has 0 spiro atoms. The van der Waals surface area contributed by atoms with Crippen LogP contribution in [-0.2, 0) is 79.1 Å². The molecule has 23 nitrogen and oxygen atoms in total. The van der Waals surface area contributed by atoms with Crippen molar-refractivity contribution in [2.24, 2.45) is 5.73 Å². The summed E-state index contributed by atoms with van der Waals surface area (Å²) < 4.78 is 118. The maximum absolute atomic E-state index is 14.3. The van der Waals surface area contributed by atoms with Crippen molar-refractivity contribution < 1.29 is 64.4 Å². The Kier molecular flexibility index (Phi) is 37.1. The van der Waals surface area contributed by atoms with Crippen LogP contribution in [0.15, 0.2) is 195 Å². The highest BCUT2D eigenvalue weighted by Gasteiger charge is 2.38. The van der Waals surface area contributed by atoms with Gasteiger partial charge < -0.3 is 69.7 Å². The Morgan fingerprint density at radius 3 is 1.48 bits per heavy atom. The van der Waals surface area contributed by atoms with Crippen molar-refractivity contribution in [3.05, 3.63) is 255 Å². The highest BCUT2D eigenvalue weighted by molar-refractivity contribution is 6.30. The van der Waals surface area contributed by atoms with Crippen molar-refractivity contribution in [2.45, 2.75) is 193 Å². The van der Waals surface area contributed by atoms with Gasteiger partial charge >= 0.3 is 12.4 Å². The smallest absolute Gasteiger partial charge is 0.417 e. The molecule has 5 aliphatic heterocycles. The summed E-state index contributed by atoms with van der Waals surface area (Å²) in [5.41, 5.74) is 20.7. The minimum atomic E-state index is -4.53. The van der Waals surface area contributed by atoms with E-state index in [9.17, 15) is 40.7 Å². The lowest BCUT2D eigenvalue weighted by atomic mass is 9.82. The monoisotopic (exact) mass is 2020 g/mol. The number of para-hydroxylation sites is 1. The lowest BCUT2D eigenvalue weighted by Crippen LogP contribution is -2.55. The number of hydrogen-bond acceptors (Lipinski definition) is 17. The molecular formula is C116H144ClF6N15O8. The fourth-order valence-corrected chi connectivity index (χ4v) is 21.9. The first-order chi connectivity index (χ1) is 70.6. The first-order valence-electron chi connectivity index (χ1n) is 52.1. The number of aryl methyl sites for hydroxylation is 6. The molecule has 18 rings (SSSR count). The summed E-state index contributed by atoms with van der Waals surface area (Å²) in [6.45, 7) is 27.4. The zero-order valence-electron chi connectivity index (χ0n) is 85.6. The number of carbonyl (C=O) groups is 3. The second kappa shape index (κ2) is 50.5. The molecule has 12 aromatic rings. The molecule has 1 aliphatic carbocycles. The number of halogens is 7. The number of aromatic nitrogens is 3. The van der Waals surface area contributed by atoms with Gasteiger partial charge in [-0.1, -0.05) is 116 Å². The van der Waals surface area contributed by atoms with Crippen molar-refractivity contribution in [3.8, 4) is 62.1 Å². The topological polar surface area (TPSA) is 218 Å². The van der Waals surface area contributed by atoms with Crippen LogP contribution >= 0.6 is 11.6 Å². The Morgan fingerprint density at radius 2 is 0.925 bits per heavy atom. The number of rotatable bonds is 36. The van der Waals surface area contributed by atoms with Gasteiger partial charge in [0.2, 0.25) is 17.7 Å². The van der Waals surface area contributed by atoms with Crippen LogP contribution < -0.4 is 56.0 Å². The molecule has 7 N–H and O–H groups in total. The first-order valence-corrected chi connectivity index (χ1v) is 52.5. The van der Waals surface area contributed by atoms with Crippen LogP contribution in [0.2, 0.25) is 5.02 Å². The molecule has 0 bridgehead atoms. The predicted octanol–water partition coefficient (Wildman–Crippen LogP) is 19.9. The van der Waals surface area contributed by atoms with Gasteiger partial charge in [0.1, 0.15) is 35.4 Å². The minimum absolute atomic E-state index is 0.000686. The molecule has 2 atom stereocenters. The number of piperazine rings is 3. The zero-order valence-corrected chi connectivity index (χ0v) is 86.4. The summed E-state index contributed by atoms with van der Waals surface area (Å²) in [5, 5.41) is 19.8. The van der Waals surface area contributed by atoms with E-state index in [1.807, 2.05) is 77.5 Å². The molecule has 8 heterocycles. The number of benzene rings is 9. The molecule has 6 aliphatic rings. The van der Waals surface area contributed by atoms with Gasteiger partial charge in [-0.15, -0.1) is 0 Å². The van der Waals surface area contributed by atoms with E-state index in [0.29, 0.717) is 101 Å². The van der Waals surface area contributed by atoms with Gasteiger partial charge in [0.15, 0.2) is 0 Å². The summed E-state index contributed by atoms with van der Waals surface area (Å²) in [4.78, 5) is 52.7. The number of carbonyl (C=O) groups excluding carboxylic acids is 3. The van der Waals surface area contributed by atoms with Crippen LogP contribution in [0.25, 0.3) is 66.1 Å². The normalized spacial score (nSPS) is 17.5. The molecule has 5 saturated heterocycles. The minimum Gasteiger partial charge on any atom is -0.497 e. The third-order valence-electron chi connectivity index (χ3n) is 29.6. The molecule has 9 aromatic carbocycles. The average Bonchev–Trinajstić information content (AvgIpc) is 1.60. The Labute approximate surface area is 860 Å². The number of fused-ring (bicyclic) bond motifs is 3. The van der Waals surface area contributed by atoms with E-state index in [0.717, 1.165) is 261 Å². The molecule has 780 valence electrons. The summed E-state index contributed by atoms with van der Waals surface area (Å²) in [5.74, 6) is 4.31. The first kappa shape index (κ1) is 107. The van der Waals surface area contributed by atoms with E-state index in [4.69, 9.17) is 41.0 Å². The van der Waals surface area contributed by atoms with Crippen molar-refractivity contribution >= 4 is 62.0 Å². The summed E-state index contributed by atoms with van der Waals surface area (Å²) in [6, 6.07) is 56.1. The second-order valence-corrected chi connectivity index (χ2v) is 40.6. The fourth-order valence-electron chi connectivity index (χ4n) is 21.8. The second-order valence-electron chi connectivity index (χ2n) is 40.2. The van der Waals surface area contributed by atoms with Crippen LogP contribution in [0, 0.1) is 20.8 Å². The van der Waals surface area contributed by atoms with Gasteiger partial charge in [0.25, 0.3) is 0 Å². The maximum Gasteiger partial charge on any atom is 0.417 e. The number of methoxy groups -OCH3 is 4. The number of piperidine rings is 2. The molecule has 146 heavy (non-hydrogen) atoms. The number of amides is 3. The number of nitrogens with two attached hydrogens (primary N) is 1. The average molecular weight is 2030 g/mol. The van der Waals surface area contributed by atoms with E-state index in [2.05, 4.69) is 157 Å². The standard InChI is InChI=1S/C39H45F6N5O.C39H51N5O4.C38H48ClN5O3/c1-26-19-29(21-30(20-26)38(40,41)42)24-49-17-15-48(16-18-49)23-28-10-11-35-31(22-28)32(36-27(2)7-5-8-33(36)39(43,44)45)25-50(35)14-6-13-47-37(51)34-9-3-4-12-46-34;1-28-20-30(22-32(21-28)47-3)26-43-18-16-42(17-19-43)25-29-9-12-37-34(23-29)35(33-11-10-31(46-2)24-38(33)48-4)27-44(37)15-7-14-41-39(45)36-8-5-6-13-40-36;1-46-35-12-4-3-10-32(35)33-28-44(20-8-19-41-37(45)38(40)17-5-2-6-18-38)34-11-7-9-29(36(33)34)27-43-23-21-42(22-24-43)25-26-47-31-15-13-30(39)14-16-31/h5,7-8,10-11,19-22,25,34,46H,3-4,6,9,12-18,23-24H2,1-2H3,(H,47,51);9-12,20-24,27,36,40H,5-8,13-19,25-26H2,1-4H3,(H,41,45);3-4,7,9-16,28H,2,5-6,8,17-27,40H2,1H3,(H,41,45). The highest BCUT2D eigenvalue weighted by atomic mass is 35.5. The molecule has 1 saturated carbocycles. The van der Waals surface area contributed by atoms with Crippen LogP contribution in [0.3, 0.4) is 0 Å². The van der Waals surface area contributed by atoms with Crippen LogP contribution in [0.5, 0.6) is 28.7 Å². The van der Waals surface area contributed by atoms with E-state index >= 15 is 0 Å². The van der Waals surface area contributed by atoms with Gasteiger partial charge in [-0.25, -0.2) is 0 Å². The summed E-state index contributed by atoms with van der Waals surface area (Å²) >= 11 is 6.00. The zero-order chi connectivity index (χ0) is 102. The Hall–Kier alpha value is -11.5. The highest BCUT2D eigenvalue weighted by Crippen LogP contribution is 2.46. The maximum atomic E-state index is 14.3. The SMILES string of the molecule is COc1cc(C)cc(CN2CCN(Cc3ccc4c(c3)c(-c3ccc(OC)cc3OC)cn4CCCNC(=O)C3CCCCN3)CC2)c1.COc1ccccc1-c1cn(CCCNC(=O)C2(N)CCCCC2)c2cccc(CN3CCN(CCOc4ccc(Cl)cc4)CC3)c12.Cc1cc(CN2CCN(Cc3ccc4c(c3)c(-c3c(C)cccc3C(F)(F)F)cn4CCCNC(=O)C3CCCCN3)CC2)cc(C(F)(F)F)c1. The van der Waals surface area contributed by atoms with Crippen molar-refractivity contribution in [1.29, 1.82) is 0 Å². The van der Waals surface area contributed by atoms with Crippen molar-refractivity contribution in [3.63, 3.8) is 0 Å². The van der Waals surface area contributed by atoms with Gasteiger partial charge in [-0.2, -0.15) is 26.3 Å². The van der Waals surface area contributed by atoms with E-state index in [-0.39, 0.29) is 35.4 Å². The number of hydrogen-bond donors (Lipinski definition) is 6. The molecule has 2 unspecified atom stereocenters. The molecular weight excluding hydrogens is 1880 g/mol. The molecule has 0 radical (unpaired) electrons. The van der Waals surface area contributed by atoms with Crippen LogP contribution in [0.1, 0.15) is 146 Å². The third-order valence-corrected chi connectivity index (χ3v) is 29.9. The largest absolute Gasteiger partial charge is 0.497 e. The van der Waals surface area contributed by atoms with E-state index < -0.39 is 29.0 Å². The van der Waals surface area contributed by atoms with Crippen molar-refractivity contribution in [1.82, 2.24) is 69.7 Å². The van der Waals surface area contributed by atoms with E-state index in [1.54, 1.807) is 54.4 Å². The van der Waals surface area contributed by atoms with Gasteiger partial charge in [0, 0.05) is 247 Å². The van der Waals surface area contributed by atoms with Gasteiger partial charge in [-0.05, 0) is 239 Å². The van der Waals surface area contributed by atoms with Gasteiger partial charge in [-0.3, -0.25) is 43.8 Å². The lowest BCUT2D eigenvalue weighted by molar-refractivity contribution is -0.138. The number of ether oxygens (including phenoxy) is 5. The number of alkyl halides is 6. The quantitative estimate of drug-likeness (QED) is 0.0159. The van der Waals surface area contributed by atoms with Crippen molar-refractivity contribution in [2.75, 3.05) is 153 Å². The molecule has 3 aromatic heterocycles. The molecule has 3 amide bonds. The Bertz CT molecular complexity index is 6360. The van der Waals surface area contributed by atoms with Gasteiger partial charge in [0.05, 0.1) is 57.2 Å². The summed E-state index contributed by atoms with van der Waals surface area (Å²) in [6.07, 6.45) is 10.5. The van der Waals surface area contributed by atoms with Crippen LogP contribution in [0.4, 0.5) is 26.3 Å². The van der Waals surface area contributed by atoms with E-state index in [1.165, 1.54) is 68.2 Å². The Morgan fingerprint density at radius 1 is 0.425 bits per heavy atom. The Balaban J connectivity index is 0.000000157. The lowest BCUT2D eigenvalue weighted by Gasteiger charge is -2.35. The third kappa shape index (κ3) is 28.1.